The van der Waals surface area contributed by atoms with Crippen molar-refractivity contribution in [2.75, 3.05) is 16.8 Å². The van der Waals surface area contributed by atoms with E-state index in [-0.39, 0.29) is 5.82 Å². The molecule has 0 saturated heterocycles. The summed E-state index contributed by atoms with van der Waals surface area (Å²) in [7, 11) is 0. The average molecular weight is 378 g/mol. The van der Waals surface area contributed by atoms with Crippen molar-refractivity contribution in [2.45, 2.75) is 15.8 Å². The van der Waals surface area contributed by atoms with Gasteiger partial charge in [-0.15, -0.1) is 22.0 Å². The smallest absolute Gasteiger partial charge is 0.206 e. The lowest BCUT2D eigenvalue weighted by molar-refractivity contribution is 0.602. The van der Waals surface area contributed by atoms with E-state index in [1.54, 1.807) is 35.2 Å². The van der Waals surface area contributed by atoms with Crippen molar-refractivity contribution in [2.24, 2.45) is 0 Å². The Hall–Kier alpha value is -1.57. The van der Waals surface area contributed by atoms with Gasteiger partial charge in [0, 0.05) is 22.9 Å². The molecule has 0 aliphatic rings. The van der Waals surface area contributed by atoms with Crippen LogP contribution in [0.2, 0.25) is 0 Å². The molecule has 0 fully saturated rings. The second-order valence-corrected chi connectivity index (χ2v) is 8.30. The third kappa shape index (κ3) is 5.22. The minimum absolute atomic E-state index is 0.157. The van der Waals surface area contributed by atoms with E-state index in [0.29, 0.717) is 4.90 Å². The van der Waals surface area contributed by atoms with Crippen LogP contribution in [-0.4, -0.2) is 21.7 Å². The molecular formula is C17H16FN3S3. The van der Waals surface area contributed by atoms with Gasteiger partial charge in [0.2, 0.25) is 5.13 Å². The Labute approximate surface area is 153 Å². The summed E-state index contributed by atoms with van der Waals surface area (Å²) in [6.07, 6.45) is 0. The van der Waals surface area contributed by atoms with Crippen LogP contribution >= 0.6 is 34.9 Å². The fourth-order valence-corrected chi connectivity index (χ4v) is 4.69. The number of benzene rings is 2. The van der Waals surface area contributed by atoms with E-state index in [4.69, 9.17) is 0 Å². The Morgan fingerprint density at radius 2 is 1.67 bits per heavy atom. The van der Waals surface area contributed by atoms with E-state index >= 15 is 0 Å². The quantitative estimate of drug-likeness (QED) is 0.433. The Kier molecular flexibility index (Phi) is 6.51. The van der Waals surface area contributed by atoms with Gasteiger partial charge in [-0.25, -0.2) is 4.39 Å². The van der Waals surface area contributed by atoms with Crippen LogP contribution < -0.4 is 5.32 Å². The molecule has 124 valence electrons. The first-order valence-corrected chi connectivity index (χ1v) is 10.2. The molecule has 0 aliphatic heterocycles. The summed E-state index contributed by atoms with van der Waals surface area (Å²) in [5.41, 5.74) is 1.21. The summed E-state index contributed by atoms with van der Waals surface area (Å²) in [4.78, 5) is 0.695. The van der Waals surface area contributed by atoms with Gasteiger partial charge in [-0.3, -0.25) is 0 Å². The van der Waals surface area contributed by atoms with Crippen LogP contribution in [0.25, 0.3) is 0 Å². The Bertz CT molecular complexity index is 765. The highest BCUT2D eigenvalue weighted by molar-refractivity contribution is 8.03. The minimum atomic E-state index is -0.157. The van der Waals surface area contributed by atoms with Gasteiger partial charge in [0.25, 0.3) is 0 Å². The van der Waals surface area contributed by atoms with Gasteiger partial charge in [-0.1, -0.05) is 65.6 Å². The Morgan fingerprint density at radius 3 is 2.50 bits per heavy atom. The summed E-state index contributed by atoms with van der Waals surface area (Å²) < 4.78 is 14.4. The molecule has 3 aromatic rings. The molecule has 24 heavy (non-hydrogen) atoms. The largest absolute Gasteiger partial charge is 0.356 e. The normalized spacial score (nSPS) is 10.7. The molecule has 7 heteroatoms. The lowest BCUT2D eigenvalue weighted by Gasteiger charge is -2.01. The van der Waals surface area contributed by atoms with Gasteiger partial charge in [-0.05, 0) is 17.7 Å². The number of thioether (sulfide) groups is 2. The predicted molar refractivity (Wildman–Crippen MR) is 102 cm³/mol. The van der Waals surface area contributed by atoms with E-state index < -0.39 is 0 Å². The third-order valence-electron chi connectivity index (χ3n) is 3.10. The van der Waals surface area contributed by atoms with Crippen molar-refractivity contribution < 1.29 is 4.39 Å². The van der Waals surface area contributed by atoms with Gasteiger partial charge in [0.1, 0.15) is 5.82 Å². The van der Waals surface area contributed by atoms with Gasteiger partial charge in [-0.2, -0.15) is 0 Å². The number of nitrogens with zero attached hydrogens (tertiary/aromatic N) is 2. The van der Waals surface area contributed by atoms with E-state index in [9.17, 15) is 4.39 Å². The number of nitrogens with one attached hydrogen (secondary N) is 1. The van der Waals surface area contributed by atoms with Crippen molar-refractivity contribution in [3.8, 4) is 0 Å². The van der Waals surface area contributed by atoms with Crippen molar-refractivity contribution in [3.63, 3.8) is 0 Å². The number of hydrogen-bond acceptors (Lipinski definition) is 6. The first kappa shape index (κ1) is 17.3. The van der Waals surface area contributed by atoms with Gasteiger partial charge < -0.3 is 5.32 Å². The molecule has 0 radical (unpaired) electrons. The SMILES string of the molecule is Fc1ccccc1SCCSc1nnc(NCc2ccccc2)s1. The summed E-state index contributed by atoms with van der Waals surface area (Å²) in [6, 6.07) is 17.0. The van der Waals surface area contributed by atoms with Gasteiger partial charge in [0.15, 0.2) is 4.34 Å². The van der Waals surface area contributed by atoms with Crippen LogP contribution in [0.15, 0.2) is 63.8 Å². The maximum atomic E-state index is 13.5. The average Bonchev–Trinajstić information content (AvgIpc) is 3.07. The molecule has 1 N–H and O–H groups in total. The zero-order chi connectivity index (χ0) is 16.6. The van der Waals surface area contributed by atoms with Crippen LogP contribution in [0.4, 0.5) is 9.52 Å². The van der Waals surface area contributed by atoms with Crippen molar-refractivity contribution in [1.29, 1.82) is 0 Å². The summed E-state index contributed by atoms with van der Waals surface area (Å²) in [5, 5.41) is 12.4. The van der Waals surface area contributed by atoms with E-state index in [1.807, 2.05) is 24.3 Å². The lowest BCUT2D eigenvalue weighted by Crippen LogP contribution is -1.98. The molecule has 3 nitrogen and oxygen atoms in total. The van der Waals surface area contributed by atoms with E-state index in [0.717, 1.165) is 27.5 Å². The lowest BCUT2D eigenvalue weighted by atomic mass is 10.2. The zero-order valence-electron chi connectivity index (χ0n) is 12.8. The van der Waals surface area contributed by atoms with Gasteiger partial charge >= 0.3 is 0 Å². The highest BCUT2D eigenvalue weighted by Crippen LogP contribution is 2.28. The second kappa shape index (κ2) is 9.05. The van der Waals surface area contributed by atoms with Crippen LogP contribution in [0, 0.1) is 5.82 Å². The Balaban J connectivity index is 1.40. The second-order valence-electron chi connectivity index (χ2n) is 4.84. The molecule has 1 heterocycles. The standard InChI is InChI=1S/C17H16FN3S3/c18-14-8-4-5-9-15(14)22-10-11-23-17-21-20-16(24-17)19-12-13-6-2-1-3-7-13/h1-9H,10-12H2,(H,19,20). The first-order valence-electron chi connectivity index (χ1n) is 7.43. The fourth-order valence-electron chi connectivity index (χ4n) is 1.96. The maximum Gasteiger partial charge on any atom is 0.206 e. The zero-order valence-corrected chi connectivity index (χ0v) is 15.3. The van der Waals surface area contributed by atoms with Crippen LogP contribution in [0.1, 0.15) is 5.56 Å². The summed E-state index contributed by atoms with van der Waals surface area (Å²) in [6.45, 7) is 0.739. The number of halogens is 1. The number of rotatable bonds is 8. The van der Waals surface area contributed by atoms with Crippen LogP contribution in [-0.2, 0) is 6.54 Å². The summed E-state index contributed by atoms with van der Waals surface area (Å²) in [5.74, 6) is 1.54. The highest BCUT2D eigenvalue weighted by Gasteiger charge is 2.06. The number of aromatic nitrogens is 2. The molecule has 0 saturated carbocycles. The van der Waals surface area contributed by atoms with Gasteiger partial charge in [0.05, 0.1) is 0 Å². The molecule has 0 bridgehead atoms. The summed E-state index contributed by atoms with van der Waals surface area (Å²) >= 11 is 4.72. The molecule has 3 rings (SSSR count). The van der Waals surface area contributed by atoms with E-state index in [1.165, 1.54) is 23.4 Å². The Morgan fingerprint density at radius 1 is 0.917 bits per heavy atom. The molecule has 1 aromatic heterocycles. The number of hydrogen-bond donors (Lipinski definition) is 1. The van der Waals surface area contributed by atoms with Crippen molar-refractivity contribution >= 4 is 40.0 Å². The molecule has 0 atom stereocenters. The maximum absolute atomic E-state index is 13.5. The predicted octanol–water partition coefficient (Wildman–Crippen LogP) is 5.17. The van der Waals surface area contributed by atoms with E-state index in [2.05, 4.69) is 27.6 Å². The molecule has 0 unspecified atom stereocenters. The molecule has 0 aliphatic carbocycles. The van der Waals surface area contributed by atoms with Crippen molar-refractivity contribution in [1.82, 2.24) is 10.2 Å². The highest BCUT2D eigenvalue weighted by atomic mass is 32.2. The molecule has 0 spiro atoms. The molecular weight excluding hydrogens is 361 g/mol. The van der Waals surface area contributed by atoms with Crippen LogP contribution in [0.5, 0.6) is 0 Å². The molecule has 2 aromatic carbocycles. The first-order chi connectivity index (χ1) is 11.8. The molecule has 0 amide bonds. The van der Waals surface area contributed by atoms with Crippen molar-refractivity contribution in [3.05, 3.63) is 66.0 Å². The third-order valence-corrected chi connectivity index (χ3v) is 6.42. The monoisotopic (exact) mass is 377 g/mol. The minimum Gasteiger partial charge on any atom is -0.356 e. The number of anilines is 1. The van der Waals surface area contributed by atoms with Crippen LogP contribution in [0.3, 0.4) is 0 Å². The topological polar surface area (TPSA) is 37.8 Å². The fraction of sp³-hybridized carbons (Fsp3) is 0.176.